The summed E-state index contributed by atoms with van der Waals surface area (Å²) in [6.07, 6.45) is 3.78. The van der Waals surface area contributed by atoms with E-state index in [-0.39, 0.29) is 18.6 Å². The van der Waals surface area contributed by atoms with Crippen LogP contribution in [-0.2, 0) is 4.79 Å². The van der Waals surface area contributed by atoms with E-state index in [4.69, 9.17) is 4.74 Å². The number of aryl methyl sites for hydroxylation is 1. The molecule has 4 nitrogen and oxygen atoms in total. The quantitative estimate of drug-likeness (QED) is 0.846. The molecule has 0 atom stereocenters. The van der Waals surface area contributed by atoms with Crippen molar-refractivity contribution in [2.45, 2.75) is 25.8 Å². The highest BCUT2D eigenvalue weighted by Crippen LogP contribution is 2.30. The Morgan fingerprint density at radius 3 is 2.81 bits per heavy atom. The largest absolute Gasteiger partial charge is 0.484 e. The van der Waals surface area contributed by atoms with E-state index in [1.165, 1.54) is 0 Å². The third-order valence-electron chi connectivity index (χ3n) is 3.43. The summed E-state index contributed by atoms with van der Waals surface area (Å²) < 4.78 is 5.61. The van der Waals surface area contributed by atoms with Crippen molar-refractivity contribution in [3.05, 3.63) is 54.2 Å². The molecule has 1 heterocycles. The number of anilines is 1. The van der Waals surface area contributed by atoms with Crippen molar-refractivity contribution in [3.63, 3.8) is 0 Å². The summed E-state index contributed by atoms with van der Waals surface area (Å²) in [5.74, 6) is 1.38. The standard InChI is InChI=1S/C17H18N2O2/c1-13-5-4-6-15(11-13)21-12-17(20)19(14-8-9-14)16-7-2-3-10-18-16/h2-7,10-11,14H,8-9,12H2,1H3. The lowest BCUT2D eigenvalue weighted by Crippen LogP contribution is -2.37. The fraction of sp³-hybridized carbons (Fsp3) is 0.294. The second-order valence-corrected chi connectivity index (χ2v) is 5.29. The highest BCUT2D eigenvalue weighted by molar-refractivity contribution is 5.94. The zero-order valence-electron chi connectivity index (χ0n) is 12.0. The number of carbonyl (C=O) groups is 1. The Labute approximate surface area is 124 Å². The summed E-state index contributed by atoms with van der Waals surface area (Å²) in [6, 6.07) is 13.6. The van der Waals surface area contributed by atoms with Crippen LogP contribution in [0.3, 0.4) is 0 Å². The minimum atomic E-state index is -0.0438. The SMILES string of the molecule is Cc1cccc(OCC(=O)N(c2ccccn2)C2CC2)c1. The van der Waals surface area contributed by atoms with E-state index in [9.17, 15) is 4.79 Å². The van der Waals surface area contributed by atoms with Gasteiger partial charge in [0.25, 0.3) is 5.91 Å². The number of pyridine rings is 1. The fourth-order valence-corrected chi connectivity index (χ4v) is 2.27. The van der Waals surface area contributed by atoms with E-state index < -0.39 is 0 Å². The molecule has 0 spiro atoms. The van der Waals surface area contributed by atoms with Gasteiger partial charge >= 0.3 is 0 Å². The van der Waals surface area contributed by atoms with Gasteiger partial charge in [0.2, 0.25) is 0 Å². The van der Waals surface area contributed by atoms with Gasteiger partial charge in [-0.25, -0.2) is 4.98 Å². The van der Waals surface area contributed by atoms with E-state index in [1.54, 1.807) is 11.1 Å². The number of aromatic nitrogens is 1. The number of benzene rings is 1. The summed E-state index contributed by atoms with van der Waals surface area (Å²) >= 11 is 0. The first-order chi connectivity index (χ1) is 10.2. The molecule has 1 fully saturated rings. The first-order valence-corrected chi connectivity index (χ1v) is 7.16. The molecule has 4 heteroatoms. The van der Waals surface area contributed by atoms with Gasteiger partial charge in [0.1, 0.15) is 11.6 Å². The molecule has 108 valence electrons. The van der Waals surface area contributed by atoms with E-state index in [2.05, 4.69) is 4.98 Å². The Hall–Kier alpha value is -2.36. The summed E-state index contributed by atoms with van der Waals surface area (Å²) in [4.78, 5) is 18.5. The van der Waals surface area contributed by atoms with E-state index in [0.717, 1.165) is 24.2 Å². The van der Waals surface area contributed by atoms with Crippen molar-refractivity contribution in [2.24, 2.45) is 0 Å². The number of amides is 1. The molecule has 21 heavy (non-hydrogen) atoms. The third kappa shape index (κ3) is 3.40. The van der Waals surface area contributed by atoms with Crippen molar-refractivity contribution in [3.8, 4) is 5.75 Å². The lowest BCUT2D eigenvalue weighted by molar-refractivity contribution is -0.120. The van der Waals surface area contributed by atoms with E-state index in [1.807, 2.05) is 49.4 Å². The molecule has 0 saturated heterocycles. The van der Waals surface area contributed by atoms with Crippen molar-refractivity contribution in [2.75, 3.05) is 11.5 Å². The second kappa shape index (κ2) is 5.95. The summed E-state index contributed by atoms with van der Waals surface area (Å²) in [5, 5.41) is 0. The Kier molecular flexibility index (Phi) is 3.86. The zero-order valence-corrected chi connectivity index (χ0v) is 12.0. The van der Waals surface area contributed by atoms with Crippen LogP contribution in [0.15, 0.2) is 48.7 Å². The molecule has 1 aliphatic carbocycles. The molecule has 1 amide bonds. The lowest BCUT2D eigenvalue weighted by atomic mass is 10.2. The van der Waals surface area contributed by atoms with Crippen LogP contribution >= 0.6 is 0 Å². The maximum absolute atomic E-state index is 12.4. The number of carbonyl (C=O) groups excluding carboxylic acids is 1. The Balaban J connectivity index is 1.68. The molecular formula is C17H18N2O2. The molecule has 1 aliphatic rings. The van der Waals surface area contributed by atoms with Crippen molar-refractivity contribution >= 4 is 11.7 Å². The molecule has 1 aromatic carbocycles. The number of ether oxygens (including phenoxy) is 1. The van der Waals surface area contributed by atoms with Gasteiger partial charge in [-0.05, 0) is 49.6 Å². The first-order valence-electron chi connectivity index (χ1n) is 7.16. The molecular weight excluding hydrogens is 264 g/mol. The zero-order chi connectivity index (χ0) is 14.7. The van der Waals surface area contributed by atoms with Gasteiger partial charge in [-0.3, -0.25) is 9.69 Å². The highest BCUT2D eigenvalue weighted by atomic mass is 16.5. The summed E-state index contributed by atoms with van der Waals surface area (Å²) in [5.41, 5.74) is 1.11. The van der Waals surface area contributed by atoms with Crippen LogP contribution in [0.5, 0.6) is 5.75 Å². The minimum Gasteiger partial charge on any atom is -0.484 e. The highest BCUT2D eigenvalue weighted by Gasteiger charge is 2.34. The maximum Gasteiger partial charge on any atom is 0.266 e. The van der Waals surface area contributed by atoms with Gasteiger partial charge in [-0.1, -0.05) is 18.2 Å². The average Bonchev–Trinajstić information content (AvgIpc) is 3.31. The molecule has 3 rings (SSSR count). The van der Waals surface area contributed by atoms with Gasteiger partial charge in [-0.15, -0.1) is 0 Å². The van der Waals surface area contributed by atoms with Gasteiger partial charge in [0.15, 0.2) is 6.61 Å². The Morgan fingerprint density at radius 2 is 2.14 bits per heavy atom. The van der Waals surface area contributed by atoms with Crippen LogP contribution in [0.25, 0.3) is 0 Å². The van der Waals surface area contributed by atoms with Crippen LogP contribution in [0.4, 0.5) is 5.82 Å². The topological polar surface area (TPSA) is 42.4 Å². The van der Waals surface area contributed by atoms with Crippen molar-refractivity contribution in [1.29, 1.82) is 0 Å². The summed E-state index contributed by atoms with van der Waals surface area (Å²) in [7, 11) is 0. The predicted molar refractivity (Wildman–Crippen MR) is 81.4 cm³/mol. The molecule has 1 aromatic heterocycles. The maximum atomic E-state index is 12.4. The Bertz CT molecular complexity index is 624. The van der Waals surface area contributed by atoms with Gasteiger partial charge in [-0.2, -0.15) is 0 Å². The lowest BCUT2D eigenvalue weighted by Gasteiger charge is -2.21. The van der Waals surface area contributed by atoms with E-state index in [0.29, 0.717) is 5.82 Å². The second-order valence-electron chi connectivity index (χ2n) is 5.29. The van der Waals surface area contributed by atoms with Gasteiger partial charge in [0.05, 0.1) is 0 Å². The molecule has 0 radical (unpaired) electrons. The number of nitrogens with zero attached hydrogens (tertiary/aromatic N) is 2. The van der Waals surface area contributed by atoms with Crippen molar-refractivity contribution in [1.82, 2.24) is 4.98 Å². The van der Waals surface area contributed by atoms with Crippen molar-refractivity contribution < 1.29 is 9.53 Å². The van der Waals surface area contributed by atoms with Gasteiger partial charge in [0, 0.05) is 12.2 Å². The number of rotatable bonds is 5. The monoisotopic (exact) mass is 282 g/mol. The predicted octanol–water partition coefficient (Wildman–Crippen LogP) is 2.96. The average molecular weight is 282 g/mol. The van der Waals surface area contributed by atoms with Gasteiger partial charge < -0.3 is 4.74 Å². The fourth-order valence-electron chi connectivity index (χ4n) is 2.27. The molecule has 0 aliphatic heterocycles. The molecule has 2 aromatic rings. The first kappa shape index (κ1) is 13.6. The van der Waals surface area contributed by atoms with Crippen LogP contribution in [0.1, 0.15) is 18.4 Å². The third-order valence-corrected chi connectivity index (χ3v) is 3.43. The molecule has 0 unspecified atom stereocenters. The van der Waals surface area contributed by atoms with E-state index >= 15 is 0 Å². The van der Waals surface area contributed by atoms with Crippen LogP contribution < -0.4 is 9.64 Å². The minimum absolute atomic E-state index is 0.0382. The molecule has 1 saturated carbocycles. The number of hydrogen-bond acceptors (Lipinski definition) is 3. The molecule has 0 N–H and O–H groups in total. The summed E-state index contributed by atoms with van der Waals surface area (Å²) in [6.45, 7) is 2.04. The van der Waals surface area contributed by atoms with Crippen LogP contribution in [0, 0.1) is 6.92 Å². The Morgan fingerprint density at radius 1 is 1.29 bits per heavy atom. The van der Waals surface area contributed by atoms with Crippen LogP contribution in [-0.4, -0.2) is 23.5 Å². The molecule has 0 bridgehead atoms. The number of hydrogen-bond donors (Lipinski definition) is 0. The smallest absolute Gasteiger partial charge is 0.266 e. The normalized spacial score (nSPS) is 13.8. The van der Waals surface area contributed by atoms with Crippen LogP contribution in [0.2, 0.25) is 0 Å².